The molecule has 0 spiro atoms. The Balaban J connectivity index is 1.64. The standard InChI is InChI=1S/C21H16F4N4O3/c1-26-19(30)17-11-14(9-10-27-17)32-13-7-5-12(6-8-13)28-20(31)29-16-4-2-3-15(18(16)22)21(23,24)25/h2-11H,1H3,(H,26,30)(H2,28,29,31). The van der Waals surface area contributed by atoms with Crippen LogP contribution in [0.1, 0.15) is 16.1 Å². The number of ether oxygens (including phenoxy) is 1. The largest absolute Gasteiger partial charge is 0.457 e. The Hall–Kier alpha value is -4.15. The molecule has 0 aliphatic heterocycles. The van der Waals surface area contributed by atoms with Gasteiger partial charge in [-0.05, 0) is 42.5 Å². The van der Waals surface area contributed by atoms with Crippen molar-refractivity contribution >= 4 is 23.3 Å². The van der Waals surface area contributed by atoms with Gasteiger partial charge in [0.25, 0.3) is 5.91 Å². The number of aromatic nitrogens is 1. The highest BCUT2D eigenvalue weighted by Crippen LogP contribution is 2.34. The van der Waals surface area contributed by atoms with Crippen molar-refractivity contribution in [2.45, 2.75) is 6.18 Å². The summed E-state index contributed by atoms with van der Waals surface area (Å²) in [7, 11) is 1.47. The minimum absolute atomic E-state index is 0.168. The van der Waals surface area contributed by atoms with E-state index in [4.69, 9.17) is 4.74 Å². The maximum Gasteiger partial charge on any atom is 0.419 e. The van der Waals surface area contributed by atoms with Gasteiger partial charge in [-0.1, -0.05) is 6.07 Å². The van der Waals surface area contributed by atoms with Crippen molar-refractivity contribution in [3.05, 3.63) is 77.9 Å². The van der Waals surface area contributed by atoms with Gasteiger partial charge in [-0.2, -0.15) is 13.2 Å². The van der Waals surface area contributed by atoms with Gasteiger partial charge in [0.1, 0.15) is 17.2 Å². The SMILES string of the molecule is CNC(=O)c1cc(Oc2ccc(NC(=O)Nc3cccc(C(F)(F)F)c3F)cc2)ccn1. The quantitative estimate of drug-likeness (QED) is 0.477. The molecule has 0 bridgehead atoms. The van der Waals surface area contributed by atoms with Crippen LogP contribution in [-0.4, -0.2) is 24.0 Å². The summed E-state index contributed by atoms with van der Waals surface area (Å²) in [5.41, 5.74) is -1.64. The Labute approximate surface area is 179 Å². The highest BCUT2D eigenvalue weighted by Gasteiger charge is 2.35. The van der Waals surface area contributed by atoms with Crippen LogP contribution in [-0.2, 0) is 6.18 Å². The number of carbonyl (C=O) groups excluding carboxylic acids is 2. The minimum atomic E-state index is -4.88. The third-order valence-corrected chi connectivity index (χ3v) is 4.09. The van der Waals surface area contributed by atoms with Crippen LogP contribution in [0, 0.1) is 5.82 Å². The molecule has 3 amide bonds. The van der Waals surface area contributed by atoms with Crippen molar-refractivity contribution in [2.75, 3.05) is 17.7 Å². The number of hydrogen-bond acceptors (Lipinski definition) is 4. The highest BCUT2D eigenvalue weighted by molar-refractivity contribution is 5.99. The van der Waals surface area contributed by atoms with E-state index in [-0.39, 0.29) is 17.3 Å². The van der Waals surface area contributed by atoms with Crippen molar-refractivity contribution in [3.8, 4) is 11.5 Å². The number of halogens is 4. The van der Waals surface area contributed by atoms with Gasteiger partial charge in [0.05, 0.1) is 11.3 Å². The number of urea groups is 1. The summed E-state index contributed by atoms with van der Waals surface area (Å²) in [5.74, 6) is -1.21. The molecule has 0 aliphatic rings. The molecule has 0 aliphatic carbocycles. The molecule has 2 aromatic carbocycles. The van der Waals surface area contributed by atoms with Crippen LogP contribution < -0.4 is 20.7 Å². The van der Waals surface area contributed by atoms with Gasteiger partial charge in [-0.3, -0.25) is 9.78 Å². The molecule has 3 aromatic rings. The molecule has 1 heterocycles. The first kappa shape index (κ1) is 22.5. The number of amides is 3. The molecule has 3 N–H and O–H groups in total. The molecule has 3 rings (SSSR count). The molecule has 1 aromatic heterocycles. The number of anilines is 2. The molecule has 0 saturated heterocycles. The van der Waals surface area contributed by atoms with Crippen molar-refractivity contribution in [1.82, 2.24) is 10.3 Å². The fourth-order valence-corrected chi connectivity index (χ4v) is 2.60. The maximum absolute atomic E-state index is 14.0. The molecule has 0 fully saturated rings. The van der Waals surface area contributed by atoms with Gasteiger partial charge < -0.3 is 20.7 Å². The number of nitrogens with zero attached hydrogens (tertiary/aromatic N) is 1. The summed E-state index contributed by atoms with van der Waals surface area (Å²) in [6.45, 7) is 0. The molecule has 0 saturated carbocycles. The van der Waals surface area contributed by atoms with Crippen LogP contribution in [0.3, 0.4) is 0 Å². The Morgan fingerprint density at radius 3 is 2.34 bits per heavy atom. The Bertz CT molecular complexity index is 1130. The second-order valence-corrected chi connectivity index (χ2v) is 6.33. The molecule has 0 atom stereocenters. The number of hydrogen-bond donors (Lipinski definition) is 3. The minimum Gasteiger partial charge on any atom is -0.457 e. The Kier molecular flexibility index (Phi) is 6.57. The molecule has 32 heavy (non-hydrogen) atoms. The maximum atomic E-state index is 14.0. The van der Waals surface area contributed by atoms with Gasteiger partial charge in [0.15, 0.2) is 5.82 Å². The number of carbonyl (C=O) groups is 2. The van der Waals surface area contributed by atoms with Crippen molar-refractivity contribution < 1.29 is 31.9 Å². The zero-order valence-electron chi connectivity index (χ0n) is 16.5. The molecular weight excluding hydrogens is 432 g/mol. The monoisotopic (exact) mass is 448 g/mol. The van der Waals surface area contributed by atoms with Crippen LogP contribution in [0.25, 0.3) is 0 Å². The molecular formula is C21H16F4N4O3. The summed E-state index contributed by atoms with van der Waals surface area (Å²) in [4.78, 5) is 27.6. The summed E-state index contributed by atoms with van der Waals surface area (Å²) in [6, 6.07) is 10.6. The van der Waals surface area contributed by atoms with E-state index in [1.54, 1.807) is 6.07 Å². The fourth-order valence-electron chi connectivity index (χ4n) is 2.60. The third-order valence-electron chi connectivity index (χ3n) is 4.09. The lowest BCUT2D eigenvalue weighted by atomic mass is 10.2. The number of alkyl halides is 3. The van der Waals surface area contributed by atoms with Crippen LogP contribution in [0.5, 0.6) is 11.5 Å². The van der Waals surface area contributed by atoms with Gasteiger partial charge in [0, 0.05) is 25.0 Å². The van der Waals surface area contributed by atoms with E-state index in [0.717, 1.165) is 12.1 Å². The molecule has 0 unspecified atom stereocenters. The van der Waals surface area contributed by atoms with E-state index in [2.05, 4.69) is 15.6 Å². The highest BCUT2D eigenvalue weighted by atomic mass is 19.4. The van der Waals surface area contributed by atoms with E-state index >= 15 is 0 Å². The van der Waals surface area contributed by atoms with E-state index in [1.165, 1.54) is 43.6 Å². The van der Waals surface area contributed by atoms with Gasteiger partial charge in [-0.25, -0.2) is 9.18 Å². The zero-order chi connectivity index (χ0) is 23.3. The number of benzene rings is 2. The third kappa shape index (κ3) is 5.50. The first-order valence-corrected chi connectivity index (χ1v) is 9.07. The smallest absolute Gasteiger partial charge is 0.419 e. The second-order valence-electron chi connectivity index (χ2n) is 6.33. The average Bonchev–Trinajstić information content (AvgIpc) is 2.75. The number of rotatable bonds is 5. The first-order valence-electron chi connectivity index (χ1n) is 9.07. The summed E-state index contributed by atoms with van der Waals surface area (Å²) < 4.78 is 58.0. The second kappa shape index (κ2) is 9.33. The van der Waals surface area contributed by atoms with Gasteiger partial charge >= 0.3 is 12.2 Å². The van der Waals surface area contributed by atoms with Crippen LogP contribution in [0.15, 0.2) is 60.8 Å². The van der Waals surface area contributed by atoms with E-state index < -0.39 is 29.3 Å². The van der Waals surface area contributed by atoms with E-state index in [0.29, 0.717) is 17.6 Å². The Morgan fingerprint density at radius 2 is 1.69 bits per heavy atom. The zero-order valence-corrected chi connectivity index (χ0v) is 16.5. The molecule has 11 heteroatoms. The van der Waals surface area contributed by atoms with Crippen molar-refractivity contribution in [1.29, 1.82) is 0 Å². The lowest BCUT2D eigenvalue weighted by Gasteiger charge is -2.13. The van der Waals surface area contributed by atoms with E-state index in [9.17, 15) is 27.2 Å². The molecule has 166 valence electrons. The summed E-state index contributed by atoms with van der Waals surface area (Å²) >= 11 is 0. The molecule has 7 nitrogen and oxygen atoms in total. The van der Waals surface area contributed by atoms with Crippen LogP contribution >= 0.6 is 0 Å². The lowest BCUT2D eigenvalue weighted by molar-refractivity contribution is -0.139. The number of nitrogens with one attached hydrogen (secondary N) is 3. The summed E-state index contributed by atoms with van der Waals surface area (Å²) in [5, 5.41) is 6.88. The van der Waals surface area contributed by atoms with Crippen LogP contribution in [0.2, 0.25) is 0 Å². The average molecular weight is 448 g/mol. The number of pyridine rings is 1. The predicted molar refractivity (Wildman–Crippen MR) is 108 cm³/mol. The topological polar surface area (TPSA) is 92.4 Å². The van der Waals surface area contributed by atoms with Crippen molar-refractivity contribution in [3.63, 3.8) is 0 Å². The summed E-state index contributed by atoms with van der Waals surface area (Å²) in [6.07, 6.45) is -3.48. The first-order chi connectivity index (χ1) is 15.2. The predicted octanol–water partition coefficient (Wildman–Crippen LogP) is 5.04. The molecule has 0 radical (unpaired) electrons. The van der Waals surface area contributed by atoms with E-state index in [1.807, 2.05) is 5.32 Å². The van der Waals surface area contributed by atoms with Crippen molar-refractivity contribution in [2.24, 2.45) is 0 Å². The van der Waals surface area contributed by atoms with Gasteiger partial charge in [-0.15, -0.1) is 0 Å². The Morgan fingerprint density at radius 1 is 0.969 bits per heavy atom. The van der Waals surface area contributed by atoms with Crippen LogP contribution in [0.4, 0.5) is 33.7 Å². The lowest BCUT2D eigenvalue weighted by Crippen LogP contribution is -2.21. The van der Waals surface area contributed by atoms with Gasteiger partial charge in [0.2, 0.25) is 0 Å². The normalized spacial score (nSPS) is 10.9. The fraction of sp³-hybridized carbons (Fsp3) is 0.0952.